The Kier molecular flexibility index (Phi) is 4.87. The predicted octanol–water partition coefficient (Wildman–Crippen LogP) is 2.34. The molecule has 25 heavy (non-hydrogen) atoms. The number of hydrogen-bond donors (Lipinski definition) is 2. The molecule has 0 saturated heterocycles. The van der Waals surface area contributed by atoms with Gasteiger partial charge >= 0.3 is 12.1 Å². The number of aliphatic carboxylic acids is 1. The predicted molar refractivity (Wildman–Crippen MR) is 83.3 cm³/mol. The molecule has 0 radical (unpaired) electrons. The minimum atomic E-state index is -4.65. The normalized spacial score (nSPS) is 12.8. The largest absolute Gasteiger partial charge is 0.481 e. The van der Waals surface area contributed by atoms with Crippen LogP contribution in [0.25, 0.3) is 10.9 Å². The number of hydrogen-bond acceptors (Lipinski definition) is 3. The van der Waals surface area contributed by atoms with E-state index in [-0.39, 0.29) is 17.5 Å². The van der Waals surface area contributed by atoms with Gasteiger partial charge in [-0.25, -0.2) is 0 Å². The summed E-state index contributed by atoms with van der Waals surface area (Å²) in [5, 5.41) is 8.93. The van der Waals surface area contributed by atoms with Crippen LogP contribution in [0.1, 0.15) is 22.8 Å². The lowest BCUT2D eigenvalue weighted by molar-refractivity contribution is -0.141. The number of alkyl halides is 3. The summed E-state index contributed by atoms with van der Waals surface area (Å²) in [5.41, 5.74) is -2.73. The molecule has 0 aliphatic carbocycles. The summed E-state index contributed by atoms with van der Waals surface area (Å²) >= 11 is 0. The minimum absolute atomic E-state index is 0.0532. The van der Waals surface area contributed by atoms with E-state index in [1.807, 2.05) is 0 Å². The molecule has 0 aliphatic heterocycles. The van der Waals surface area contributed by atoms with Gasteiger partial charge in [-0.05, 0) is 17.5 Å². The second-order valence-electron chi connectivity index (χ2n) is 5.70. The van der Waals surface area contributed by atoms with Gasteiger partial charge in [0.2, 0.25) is 0 Å². The lowest BCUT2D eigenvalue weighted by Gasteiger charge is -2.19. The molecule has 1 unspecified atom stereocenters. The van der Waals surface area contributed by atoms with Crippen LogP contribution in [0, 0.1) is 5.92 Å². The van der Waals surface area contributed by atoms with Gasteiger partial charge < -0.3 is 15.0 Å². The van der Waals surface area contributed by atoms with Crippen LogP contribution in [0.5, 0.6) is 0 Å². The van der Waals surface area contributed by atoms with Crippen LogP contribution in [-0.2, 0) is 11.0 Å². The first-order chi connectivity index (χ1) is 11.5. The van der Waals surface area contributed by atoms with Crippen LogP contribution in [0.2, 0.25) is 0 Å². The van der Waals surface area contributed by atoms with E-state index in [1.54, 1.807) is 0 Å². The summed E-state index contributed by atoms with van der Waals surface area (Å²) in [6.45, 7) is 1.25. The lowest BCUT2D eigenvalue weighted by Crippen LogP contribution is -2.36. The van der Waals surface area contributed by atoms with Gasteiger partial charge in [0.1, 0.15) is 5.56 Å². The number of fused-ring (bicyclic) bond motifs is 1. The number of nitrogens with one attached hydrogen (secondary N) is 1. The number of nitrogens with zero attached hydrogens (tertiary/aromatic N) is 1. The number of rotatable bonds is 4. The number of amides is 1. The second kappa shape index (κ2) is 6.58. The number of para-hydroxylation sites is 1. The van der Waals surface area contributed by atoms with Crippen molar-refractivity contribution in [2.75, 3.05) is 13.6 Å². The van der Waals surface area contributed by atoms with E-state index >= 15 is 0 Å². The Bertz CT molecular complexity index is 889. The molecule has 1 aromatic carbocycles. The molecule has 0 aliphatic rings. The molecular formula is C16H15F3N2O4. The smallest absolute Gasteiger partial charge is 0.418 e. The van der Waals surface area contributed by atoms with Gasteiger partial charge in [-0.3, -0.25) is 14.4 Å². The third-order valence-electron chi connectivity index (χ3n) is 3.73. The SMILES string of the molecule is CC(CN(C)C(=O)c1cc2cccc(C(F)(F)F)c2[nH]c1=O)C(=O)O. The standard InChI is InChI=1S/C16H15F3N2O4/c1-8(15(24)25)7-21(2)14(23)10-6-9-4-3-5-11(16(17,18)19)12(9)20-13(10)22/h3-6,8H,7H2,1-2H3,(H,20,22)(H,24,25). The van der Waals surface area contributed by atoms with E-state index in [0.717, 1.165) is 17.0 Å². The molecule has 1 heterocycles. The summed E-state index contributed by atoms with van der Waals surface area (Å²) in [6.07, 6.45) is -4.65. The number of halogens is 3. The average Bonchev–Trinajstić information content (AvgIpc) is 2.51. The molecule has 0 spiro atoms. The third-order valence-corrected chi connectivity index (χ3v) is 3.73. The van der Waals surface area contributed by atoms with E-state index in [1.165, 1.54) is 26.1 Å². The van der Waals surface area contributed by atoms with Crippen molar-refractivity contribution in [3.63, 3.8) is 0 Å². The quantitative estimate of drug-likeness (QED) is 0.880. The molecule has 1 amide bonds. The Morgan fingerprint density at radius 2 is 1.96 bits per heavy atom. The molecule has 2 rings (SSSR count). The summed E-state index contributed by atoms with van der Waals surface area (Å²) in [7, 11) is 1.32. The van der Waals surface area contributed by atoms with E-state index < -0.39 is 40.6 Å². The van der Waals surface area contributed by atoms with Crippen molar-refractivity contribution in [1.29, 1.82) is 0 Å². The zero-order valence-electron chi connectivity index (χ0n) is 13.3. The Balaban J connectivity index is 2.47. The number of aromatic nitrogens is 1. The van der Waals surface area contributed by atoms with Gasteiger partial charge in [0.15, 0.2) is 0 Å². The number of carbonyl (C=O) groups excluding carboxylic acids is 1. The molecule has 2 aromatic rings. The van der Waals surface area contributed by atoms with Crippen molar-refractivity contribution in [1.82, 2.24) is 9.88 Å². The van der Waals surface area contributed by atoms with Crippen LogP contribution >= 0.6 is 0 Å². The summed E-state index contributed by atoms with van der Waals surface area (Å²) in [5.74, 6) is -2.74. The van der Waals surface area contributed by atoms with E-state index in [0.29, 0.717) is 0 Å². The Morgan fingerprint density at radius 1 is 1.32 bits per heavy atom. The Labute approximate surface area is 139 Å². The number of carbonyl (C=O) groups is 2. The van der Waals surface area contributed by atoms with E-state index in [4.69, 9.17) is 5.11 Å². The molecule has 9 heteroatoms. The fraction of sp³-hybridized carbons (Fsp3) is 0.312. The number of pyridine rings is 1. The van der Waals surface area contributed by atoms with E-state index in [9.17, 15) is 27.6 Å². The van der Waals surface area contributed by atoms with Gasteiger partial charge in [0.05, 0.1) is 17.0 Å². The number of aromatic amines is 1. The molecular weight excluding hydrogens is 341 g/mol. The molecule has 134 valence electrons. The summed E-state index contributed by atoms with van der Waals surface area (Å²) < 4.78 is 39.0. The molecule has 0 fully saturated rings. The first-order valence-electron chi connectivity index (χ1n) is 7.24. The highest BCUT2D eigenvalue weighted by Crippen LogP contribution is 2.33. The zero-order valence-corrected chi connectivity index (χ0v) is 13.3. The molecule has 2 N–H and O–H groups in total. The monoisotopic (exact) mass is 356 g/mol. The van der Waals surface area contributed by atoms with Gasteiger partial charge in [0, 0.05) is 13.6 Å². The van der Waals surface area contributed by atoms with Crippen LogP contribution in [0.3, 0.4) is 0 Å². The first-order valence-corrected chi connectivity index (χ1v) is 7.24. The maximum absolute atomic E-state index is 13.0. The average molecular weight is 356 g/mol. The van der Waals surface area contributed by atoms with Gasteiger partial charge in [0.25, 0.3) is 11.5 Å². The van der Waals surface area contributed by atoms with Crippen molar-refractivity contribution in [3.05, 3.63) is 45.7 Å². The van der Waals surface area contributed by atoms with Crippen molar-refractivity contribution in [2.24, 2.45) is 5.92 Å². The van der Waals surface area contributed by atoms with Crippen LogP contribution < -0.4 is 5.56 Å². The Morgan fingerprint density at radius 3 is 2.52 bits per heavy atom. The van der Waals surface area contributed by atoms with E-state index in [2.05, 4.69) is 4.98 Å². The van der Waals surface area contributed by atoms with Gasteiger partial charge in [-0.2, -0.15) is 13.2 Å². The van der Waals surface area contributed by atoms with Gasteiger partial charge in [-0.1, -0.05) is 19.1 Å². The Hall–Kier alpha value is -2.84. The maximum atomic E-state index is 13.0. The minimum Gasteiger partial charge on any atom is -0.481 e. The maximum Gasteiger partial charge on any atom is 0.418 e. The summed E-state index contributed by atoms with van der Waals surface area (Å²) in [6, 6.07) is 4.43. The van der Waals surface area contributed by atoms with Crippen LogP contribution in [-0.4, -0.2) is 40.5 Å². The molecule has 0 saturated carbocycles. The highest BCUT2D eigenvalue weighted by molar-refractivity contribution is 5.97. The third kappa shape index (κ3) is 3.81. The van der Waals surface area contributed by atoms with Crippen molar-refractivity contribution in [3.8, 4) is 0 Å². The topological polar surface area (TPSA) is 90.5 Å². The number of carboxylic acid groups (broad SMARTS) is 1. The summed E-state index contributed by atoms with van der Waals surface area (Å²) in [4.78, 5) is 38.4. The fourth-order valence-corrected chi connectivity index (χ4v) is 2.40. The number of benzene rings is 1. The number of carboxylic acids is 1. The lowest BCUT2D eigenvalue weighted by atomic mass is 10.1. The molecule has 1 atom stereocenters. The second-order valence-corrected chi connectivity index (χ2v) is 5.70. The van der Waals surface area contributed by atoms with Crippen LogP contribution in [0.15, 0.2) is 29.1 Å². The van der Waals surface area contributed by atoms with Crippen molar-refractivity contribution < 1.29 is 27.9 Å². The highest BCUT2D eigenvalue weighted by atomic mass is 19.4. The molecule has 0 bridgehead atoms. The van der Waals surface area contributed by atoms with Crippen molar-refractivity contribution in [2.45, 2.75) is 13.1 Å². The molecule has 6 nitrogen and oxygen atoms in total. The fourth-order valence-electron chi connectivity index (χ4n) is 2.40. The van der Waals surface area contributed by atoms with Gasteiger partial charge in [-0.15, -0.1) is 0 Å². The zero-order chi connectivity index (χ0) is 18.9. The molecule has 1 aromatic heterocycles. The first kappa shape index (κ1) is 18.5. The highest BCUT2D eigenvalue weighted by Gasteiger charge is 2.33. The number of H-pyrrole nitrogens is 1. The van der Waals surface area contributed by atoms with Crippen LogP contribution in [0.4, 0.5) is 13.2 Å². The van der Waals surface area contributed by atoms with Crippen molar-refractivity contribution >= 4 is 22.8 Å².